The highest BCUT2D eigenvalue weighted by molar-refractivity contribution is 5.90. The molecule has 5 nitrogen and oxygen atoms in total. The van der Waals surface area contributed by atoms with Gasteiger partial charge in [-0.15, -0.1) is 0 Å². The van der Waals surface area contributed by atoms with Gasteiger partial charge in [-0.05, 0) is 24.7 Å². The van der Waals surface area contributed by atoms with Crippen LogP contribution < -0.4 is 5.73 Å². The van der Waals surface area contributed by atoms with Crippen LogP contribution in [0.5, 0.6) is 0 Å². The van der Waals surface area contributed by atoms with Crippen LogP contribution in [-0.2, 0) is 9.59 Å². The van der Waals surface area contributed by atoms with Crippen LogP contribution in [0.1, 0.15) is 53.4 Å². The van der Waals surface area contributed by atoms with Gasteiger partial charge in [0, 0.05) is 6.54 Å². The number of likely N-dealkylation sites (tertiary alicyclic amines) is 1. The topological polar surface area (TPSA) is 83.6 Å². The van der Waals surface area contributed by atoms with Gasteiger partial charge < -0.3 is 15.7 Å². The Labute approximate surface area is 115 Å². The van der Waals surface area contributed by atoms with Crippen molar-refractivity contribution in [1.82, 2.24) is 4.90 Å². The summed E-state index contributed by atoms with van der Waals surface area (Å²) < 4.78 is 0. The van der Waals surface area contributed by atoms with Gasteiger partial charge in [0.1, 0.15) is 5.54 Å². The third kappa shape index (κ3) is 2.91. The molecule has 3 N–H and O–H groups in total. The van der Waals surface area contributed by atoms with Crippen molar-refractivity contribution < 1.29 is 14.7 Å². The zero-order valence-corrected chi connectivity index (χ0v) is 12.4. The molecule has 1 saturated heterocycles. The molecular weight excluding hydrogens is 244 g/mol. The number of amides is 1. The number of carbonyl (C=O) groups excluding carboxylic acids is 1. The van der Waals surface area contributed by atoms with E-state index in [1.165, 1.54) is 4.90 Å². The van der Waals surface area contributed by atoms with E-state index >= 15 is 0 Å². The number of carboxylic acids is 1. The summed E-state index contributed by atoms with van der Waals surface area (Å²) in [5.74, 6) is -1.14. The van der Waals surface area contributed by atoms with E-state index in [4.69, 9.17) is 5.73 Å². The number of nitrogens with zero attached hydrogens (tertiary/aromatic N) is 1. The molecule has 0 aliphatic carbocycles. The van der Waals surface area contributed by atoms with E-state index in [2.05, 4.69) is 0 Å². The second-order valence-corrected chi connectivity index (χ2v) is 6.52. The maximum atomic E-state index is 12.5. The molecule has 110 valence electrons. The van der Waals surface area contributed by atoms with Crippen LogP contribution >= 0.6 is 0 Å². The van der Waals surface area contributed by atoms with Crippen LogP contribution in [0.4, 0.5) is 0 Å². The minimum Gasteiger partial charge on any atom is -0.479 e. The minimum absolute atomic E-state index is 0.235. The Morgan fingerprint density at radius 3 is 2.42 bits per heavy atom. The van der Waals surface area contributed by atoms with Crippen molar-refractivity contribution in [2.24, 2.45) is 11.1 Å². The molecule has 1 amide bonds. The van der Waals surface area contributed by atoms with E-state index in [9.17, 15) is 14.7 Å². The van der Waals surface area contributed by atoms with Crippen molar-refractivity contribution in [2.45, 2.75) is 65.0 Å². The first-order valence-corrected chi connectivity index (χ1v) is 6.97. The summed E-state index contributed by atoms with van der Waals surface area (Å²) in [6.07, 6.45) is 2.49. The summed E-state index contributed by atoms with van der Waals surface area (Å²) in [5.41, 5.74) is 4.60. The van der Waals surface area contributed by atoms with E-state index in [1.807, 2.05) is 27.7 Å². The molecule has 1 rings (SSSR count). The van der Waals surface area contributed by atoms with Crippen molar-refractivity contribution in [3.05, 3.63) is 0 Å². The number of carboxylic acid groups (broad SMARTS) is 1. The van der Waals surface area contributed by atoms with Crippen LogP contribution in [0.2, 0.25) is 0 Å². The van der Waals surface area contributed by atoms with Gasteiger partial charge in [-0.1, -0.05) is 34.1 Å². The molecule has 0 aromatic heterocycles. The van der Waals surface area contributed by atoms with Gasteiger partial charge >= 0.3 is 5.97 Å². The van der Waals surface area contributed by atoms with Crippen molar-refractivity contribution >= 4 is 11.9 Å². The van der Waals surface area contributed by atoms with E-state index in [-0.39, 0.29) is 11.3 Å². The van der Waals surface area contributed by atoms with Crippen LogP contribution in [0, 0.1) is 5.41 Å². The zero-order chi connectivity index (χ0) is 14.8. The smallest absolute Gasteiger partial charge is 0.329 e. The Morgan fingerprint density at radius 1 is 1.42 bits per heavy atom. The molecule has 1 aliphatic heterocycles. The number of rotatable bonds is 4. The molecule has 5 heteroatoms. The molecule has 0 bridgehead atoms. The summed E-state index contributed by atoms with van der Waals surface area (Å²) in [4.78, 5) is 25.7. The Bertz CT molecular complexity index is 362. The largest absolute Gasteiger partial charge is 0.479 e. The molecule has 2 unspecified atom stereocenters. The number of nitrogens with two attached hydrogens (primary N) is 1. The van der Waals surface area contributed by atoms with Gasteiger partial charge in [0.15, 0.2) is 0 Å². The molecule has 1 fully saturated rings. The van der Waals surface area contributed by atoms with Gasteiger partial charge in [0.05, 0.1) is 6.04 Å². The Kier molecular flexibility index (Phi) is 4.61. The first-order valence-electron chi connectivity index (χ1n) is 6.97. The first-order chi connectivity index (χ1) is 8.66. The summed E-state index contributed by atoms with van der Waals surface area (Å²) in [7, 11) is 0. The fourth-order valence-corrected chi connectivity index (χ4v) is 2.74. The third-order valence-corrected chi connectivity index (χ3v) is 4.02. The Balaban J connectivity index is 3.04. The van der Waals surface area contributed by atoms with Crippen molar-refractivity contribution in [1.29, 1.82) is 0 Å². The Hall–Kier alpha value is -1.10. The van der Waals surface area contributed by atoms with E-state index in [0.717, 1.165) is 12.8 Å². The average Bonchev–Trinajstić information content (AvgIpc) is 2.71. The lowest BCUT2D eigenvalue weighted by atomic mass is 9.84. The number of carbonyl (C=O) groups is 2. The van der Waals surface area contributed by atoms with Crippen molar-refractivity contribution in [3.63, 3.8) is 0 Å². The third-order valence-electron chi connectivity index (χ3n) is 4.02. The monoisotopic (exact) mass is 270 g/mol. The first kappa shape index (κ1) is 16.0. The lowest BCUT2D eigenvalue weighted by Gasteiger charge is -2.38. The highest BCUT2D eigenvalue weighted by Gasteiger charge is 2.50. The lowest BCUT2D eigenvalue weighted by molar-refractivity contribution is -0.158. The minimum atomic E-state index is -1.05. The molecule has 19 heavy (non-hydrogen) atoms. The molecule has 0 spiro atoms. The van der Waals surface area contributed by atoms with Crippen LogP contribution in [0.15, 0.2) is 0 Å². The predicted molar refractivity (Wildman–Crippen MR) is 73.7 cm³/mol. The maximum absolute atomic E-state index is 12.5. The molecule has 0 aromatic carbocycles. The summed E-state index contributed by atoms with van der Waals surface area (Å²) >= 11 is 0. The van der Waals surface area contributed by atoms with Gasteiger partial charge in [0.25, 0.3) is 0 Å². The second-order valence-electron chi connectivity index (χ2n) is 6.52. The van der Waals surface area contributed by atoms with E-state index in [1.54, 1.807) is 0 Å². The van der Waals surface area contributed by atoms with Gasteiger partial charge in [-0.3, -0.25) is 4.79 Å². The van der Waals surface area contributed by atoms with Gasteiger partial charge in [-0.2, -0.15) is 0 Å². The molecular formula is C14H26N2O3. The van der Waals surface area contributed by atoms with E-state index in [0.29, 0.717) is 19.4 Å². The molecule has 0 aromatic rings. The highest BCUT2D eigenvalue weighted by Crippen LogP contribution is 2.35. The fourth-order valence-electron chi connectivity index (χ4n) is 2.74. The number of hydrogen-bond donors (Lipinski definition) is 2. The predicted octanol–water partition coefficient (Wildman–Crippen LogP) is 1.61. The van der Waals surface area contributed by atoms with Crippen LogP contribution in [-0.4, -0.2) is 40.0 Å². The van der Waals surface area contributed by atoms with E-state index < -0.39 is 17.6 Å². The van der Waals surface area contributed by atoms with Gasteiger partial charge in [0.2, 0.25) is 5.91 Å². The zero-order valence-electron chi connectivity index (χ0n) is 12.4. The van der Waals surface area contributed by atoms with Crippen LogP contribution in [0.3, 0.4) is 0 Å². The second kappa shape index (κ2) is 5.49. The normalized spacial score (nSPS) is 25.4. The standard InChI is InChI=1S/C14H26N2O3/c1-5-7-14(12(18)19)8-6-9-16(14)11(17)10(15)13(2,3)4/h10H,5-9,15H2,1-4H3,(H,18,19). The summed E-state index contributed by atoms with van der Waals surface area (Å²) in [6, 6.07) is -0.666. The Morgan fingerprint density at radius 2 is 2.00 bits per heavy atom. The number of aliphatic carboxylic acids is 1. The number of hydrogen-bond acceptors (Lipinski definition) is 3. The van der Waals surface area contributed by atoms with Crippen LogP contribution in [0.25, 0.3) is 0 Å². The molecule has 2 atom stereocenters. The quantitative estimate of drug-likeness (QED) is 0.813. The van der Waals surface area contributed by atoms with Crippen molar-refractivity contribution in [3.8, 4) is 0 Å². The fraction of sp³-hybridized carbons (Fsp3) is 0.857. The van der Waals surface area contributed by atoms with Crippen molar-refractivity contribution in [2.75, 3.05) is 6.54 Å². The molecule has 0 radical (unpaired) electrons. The summed E-state index contributed by atoms with van der Waals surface area (Å²) in [6.45, 7) is 8.12. The summed E-state index contributed by atoms with van der Waals surface area (Å²) in [5, 5.41) is 9.56. The highest BCUT2D eigenvalue weighted by atomic mass is 16.4. The lowest BCUT2D eigenvalue weighted by Crippen LogP contribution is -2.59. The molecule has 1 aliphatic rings. The molecule has 1 heterocycles. The maximum Gasteiger partial charge on any atom is 0.329 e. The molecule has 0 saturated carbocycles. The van der Waals surface area contributed by atoms with Gasteiger partial charge in [-0.25, -0.2) is 4.79 Å². The average molecular weight is 270 g/mol. The SMILES string of the molecule is CCCC1(C(=O)O)CCCN1C(=O)C(N)C(C)(C)C.